The maximum Gasteiger partial charge on any atom is 0.356 e. The van der Waals surface area contributed by atoms with E-state index in [1.54, 1.807) is 17.0 Å². The van der Waals surface area contributed by atoms with Gasteiger partial charge in [0, 0.05) is 13.1 Å². The fourth-order valence-corrected chi connectivity index (χ4v) is 2.86. The zero-order valence-electron chi connectivity index (χ0n) is 12.9. The Balaban J connectivity index is 1.62. The number of hydrogen-bond donors (Lipinski definition) is 1. The van der Waals surface area contributed by atoms with Crippen molar-refractivity contribution < 1.29 is 19.1 Å². The van der Waals surface area contributed by atoms with Crippen LogP contribution in [-0.2, 0) is 0 Å². The van der Waals surface area contributed by atoms with Crippen molar-refractivity contribution in [3.8, 4) is 0 Å². The molecule has 2 heterocycles. The third-order valence-corrected chi connectivity index (χ3v) is 4.21. The fraction of sp³-hybridized carbons (Fsp3) is 0.294. The van der Waals surface area contributed by atoms with E-state index in [1.807, 2.05) is 0 Å². The van der Waals surface area contributed by atoms with Gasteiger partial charge < -0.3 is 10.0 Å². The van der Waals surface area contributed by atoms with E-state index < -0.39 is 5.97 Å². The molecule has 24 heavy (non-hydrogen) atoms. The normalized spacial score (nSPS) is 15.3. The van der Waals surface area contributed by atoms with Crippen molar-refractivity contribution in [3.05, 3.63) is 59.4 Å². The quantitative estimate of drug-likeness (QED) is 0.934. The first kappa shape index (κ1) is 16.0. The summed E-state index contributed by atoms with van der Waals surface area (Å²) in [7, 11) is 0. The van der Waals surface area contributed by atoms with E-state index >= 15 is 0 Å². The van der Waals surface area contributed by atoms with Crippen LogP contribution in [0, 0.1) is 5.82 Å². The van der Waals surface area contributed by atoms with Crippen molar-refractivity contribution in [1.29, 1.82) is 0 Å². The van der Waals surface area contributed by atoms with Gasteiger partial charge in [-0.1, -0.05) is 12.1 Å². The van der Waals surface area contributed by atoms with Gasteiger partial charge in [0.1, 0.15) is 11.5 Å². The van der Waals surface area contributed by atoms with Crippen LogP contribution >= 0.6 is 0 Å². The summed E-state index contributed by atoms with van der Waals surface area (Å²) in [5, 5.41) is 8.80. The number of aromatic carboxylic acids is 1. The predicted molar refractivity (Wildman–Crippen MR) is 83.3 cm³/mol. The average molecular weight is 329 g/mol. The third-order valence-electron chi connectivity index (χ3n) is 4.21. The van der Waals surface area contributed by atoms with Crippen LogP contribution in [0.25, 0.3) is 0 Å². The number of halogens is 1. The Labute approximate surface area is 138 Å². The second kappa shape index (κ2) is 6.74. The number of carboxylic acids is 1. The zero-order valence-corrected chi connectivity index (χ0v) is 12.9. The van der Waals surface area contributed by atoms with E-state index in [-0.39, 0.29) is 23.1 Å². The molecule has 1 aromatic heterocycles. The molecule has 0 radical (unpaired) electrons. The highest BCUT2D eigenvalue weighted by Crippen LogP contribution is 2.28. The molecule has 1 aromatic carbocycles. The largest absolute Gasteiger partial charge is 0.476 e. The molecule has 1 amide bonds. The number of nitrogens with zero attached hydrogens (tertiary/aromatic N) is 3. The summed E-state index contributed by atoms with van der Waals surface area (Å²) in [5.41, 5.74) is 1.02. The number of piperidine rings is 1. The summed E-state index contributed by atoms with van der Waals surface area (Å²) in [6, 6.07) is 6.47. The van der Waals surface area contributed by atoms with Crippen molar-refractivity contribution in [1.82, 2.24) is 14.9 Å². The van der Waals surface area contributed by atoms with Crippen LogP contribution in [0.5, 0.6) is 0 Å². The van der Waals surface area contributed by atoms with Crippen molar-refractivity contribution in [3.63, 3.8) is 0 Å². The molecule has 1 aliphatic rings. The van der Waals surface area contributed by atoms with Gasteiger partial charge in [0.15, 0.2) is 5.69 Å². The molecular weight excluding hydrogens is 313 g/mol. The van der Waals surface area contributed by atoms with Crippen LogP contribution in [0.3, 0.4) is 0 Å². The Bertz CT molecular complexity index is 739. The molecule has 1 N–H and O–H groups in total. The molecule has 7 heteroatoms. The highest BCUT2D eigenvalue weighted by atomic mass is 19.1. The van der Waals surface area contributed by atoms with Gasteiger partial charge in [0.25, 0.3) is 5.91 Å². The van der Waals surface area contributed by atoms with Gasteiger partial charge in [-0.05, 0) is 36.5 Å². The predicted octanol–water partition coefficient (Wildman–Crippen LogP) is 2.33. The van der Waals surface area contributed by atoms with E-state index in [0.717, 1.165) is 24.6 Å². The SMILES string of the molecule is O=C(O)c1cnc(C(=O)N2CCC(c3ccc(F)cc3)CC2)cn1. The molecule has 1 fully saturated rings. The second-order valence-electron chi connectivity index (χ2n) is 5.71. The van der Waals surface area contributed by atoms with Crippen LogP contribution < -0.4 is 0 Å². The number of hydrogen-bond acceptors (Lipinski definition) is 4. The summed E-state index contributed by atoms with van der Waals surface area (Å²) < 4.78 is 13.0. The first-order valence-electron chi connectivity index (χ1n) is 7.64. The van der Waals surface area contributed by atoms with Gasteiger partial charge in [-0.25, -0.2) is 19.2 Å². The molecule has 0 spiro atoms. The van der Waals surface area contributed by atoms with Gasteiger partial charge in [0.2, 0.25) is 0 Å². The number of carbonyl (C=O) groups is 2. The molecule has 1 saturated heterocycles. The number of carboxylic acid groups (broad SMARTS) is 1. The minimum atomic E-state index is -1.18. The highest BCUT2D eigenvalue weighted by Gasteiger charge is 2.25. The minimum Gasteiger partial charge on any atom is -0.476 e. The lowest BCUT2D eigenvalue weighted by Crippen LogP contribution is -2.38. The monoisotopic (exact) mass is 329 g/mol. The minimum absolute atomic E-state index is 0.139. The molecule has 124 valence electrons. The van der Waals surface area contributed by atoms with Crippen molar-refractivity contribution in [2.75, 3.05) is 13.1 Å². The van der Waals surface area contributed by atoms with Gasteiger partial charge in [0.05, 0.1) is 12.4 Å². The Morgan fingerprint density at radius 1 is 1.04 bits per heavy atom. The molecule has 0 atom stereocenters. The molecule has 0 aliphatic carbocycles. The number of rotatable bonds is 3. The summed E-state index contributed by atoms with van der Waals surface area (Å²) in [6.07, 6.45) is 3.86. The number of amides is 1. The smallest absolute Gasteiger partial charge is 0.356 e. The summed E-state index contributed by atoms with van der Waals surface area (Å²) >= 11 is 0. The second-order valence-corrected chi connectivity index (χ2v) is 5.71. The number of benzene rings is 1. The van der Waals surface area contributed by atoms with E-state index in [9.17, 15) is 14.0 Å². The van der Waals surface area contributed by atoms with Crippen molar-refractivity contribution >= 4 is 11.9 Å². The average Bonchev–Trinajstić information content (AvgIpc) is 2.62. The fourth-order valence-electron chi connectivity index (χ4n) is 2.86. The third kappa shape index (κ3) is 3.40. The van der Waals surface area contributed by atoms with E-state index in [2.05, 4.69) is 9.97 Å². The first-order chi connectivity index (χ1) is 11.5. The maximum absolute atomic E-state index is 13.0. The Morgan fingerprint density at radius 3 is 2.17 bits per heavy atom. The number of carbonyl (C=O) groups excluding carboxylic acids is 1. The topological polar surface area (TPSA) is 83.4 Å². The lowest BCUT2D eigenvalue weighted by atomic mass is 9.89. The zero-order chi connectivity index (χ0) is 17.1. The molecule has 0 unspecified atom stereocenters. The van der Waals surface area contributed by atoms with Crippen LogP contribution in [0.15, 0.2) is 36.7 Å². The van der Waals surface area contributed by atoms with Crippen LogP contribution in [-0.4, -0.2) is 44.9 Å². The molecular formula is C17H16FN3O3. The van der Waals surface area contributed by atoms with E-state index in [4.69, 9.17) is 5.11 Å². The first-order valence-corrected chi connectivity index (χ1v) is 7.64. The van der Waals surface area contributed by atoms with Crippen LogP contribution in [0.1, 0.15) is 45.3 Å². The molecule has 3 rings (SSSR count). The molecule has 6 nitrogen and oxygen atoms in total. The lowest BCUT2D eigenvalue weighted by molar-refractivity contribution is 0.0679. The Hall–Kier alpha value is -2.83. The van der Waals surface area contributed by atoms with Gasteiger partial charge in [-0.3, -0.25) is 4.79 Å². The standard InChI is InChI=1S/C17H16FN3O3/c18-13-3-1-11(2-4-13)12-5-7-21(8-6-12)16(22)14-9-20-15(10-19-14)17(23)24/h1-4,9-10,12H,5-8H2,(H,23,24). The summed E-state index contributed by atoms with van der Waals surface area (Å²) in [5.74, 6) is -1.39. The molecule has 0 bridgehead atoms. The van der Waals surface area contributed by atoms with Gasteiger partial charge >= 0.3 is 5.97 Å². The van der Waals surface area contributed by atoms with Gasteiger partial charge in [-0.15, -0.1) is 0 Å². The Kier molecular flexibility index (Phi) is 4.50. The highest BCUT2D eigenvalue weighted by molar-refractivity contribution is 5.92. The molecule has 2 aromatic rings. The van der Waals surface area contributed by atoms with Crippen LogP contribution in [0.4, 0.5) is 4.39 Å². The number of likely N-dealkylation sites (tertiary alicyclic amines) is 1. The van der Waals surface area contributed by atoms with Crippen molar-refractivity contribution in [2.24, 2.45) is 0 Å². The van der Waals surface area contributed by atoms with Gasteiger partial charge in [-0.2, -0.15) is 0 Å². The summed E-state index contributed by atoms with van der Waals surface area (Å²) in [6.45, 7) is 1.15. The lowest BCUT2D eigenvalue weighted by Gasteiger charge is -2.32. The van der Waals surface area contributed by atoms with Crippen molar-refractivity contribution in [2.45, 2.75) is 18.8 Å². The molecule has 0 saturated carbocycles. The van der Waals surface area contributed by atoms with E-state index in [0.29, 0.717) is 19.0 Å². The van der Waals surface area contributed by atoms with Crippen LogP contribution in [0.2, 0.25) is 0 Å². The Morgan fingerprint density at radius 2 is 1.62 bits per heavy atom. The number of aromatic nitrogens is 2. The molecule has 1 aliphatic heterocycles. The maximum atomic E-state index is 13.0. The van der Waals surface area contributed by atoms with E-state index in [1.165, 1.54) is 18.3 Å². The summed E-state index contributed by atoms with van der Waals surface area (Å²) in [4.78, 5) is 32.4.